The average molecular weight is 237 g/mol. The summed E-state index contributed by atoms with van der Waals surface area (Å²) in [6.07, 6.45) is 3.90. The van der Waals surface area contributed by atoms with Crippen molar-refractivity contribution in [2.75, 3.05) is 33.9 Å². The molecular weight excluding hydrogens is 218 g/mol. The van der Waals surface area contributed by atoms with E-state index in [0.717, 1.165) is 37.7 Å². The molecule has 0 radical (unpaired) electrons. The topological polar surface area (TPSA) is 54.7 Å². The van der Waals surface area contributed by atoms with Crippen LogP contribution < -0.4 is 5.32 Å². The van der Waals surface area contributed by atoms with E-state index in [1.54, 1.807) is 7.11 Å². The molecule has 17 heavy (non-hydrogen) atoms. The Hall–Kier alpha value is -1.56. The molecule has 0 aromatic carbocycles. The first-order valence-electron chi connectivity index (χ1n) is 5.79. The van der Waals surface area contributed by atoms with Gasteiger partial charge in [-0.25, -0.2) is 0 Å². The summed E-state index contributed by atoms with van der Waals surface area (Å²) in [5.74, 6) is 0.967. The zero-order valence-corrected chi connectivity index (χ0v) is 10.4. The number of ether oxygens (including phenoxy) is 1. The molecule has 0 saturated heterocycles. The Labute approximate surface area is 101 Å². The normalized spacial score (nSPS) is 15.2. The Morgan fingerprint density at radius 1 is 1.53 bits per heavy atom. The maximum Gasteiger partial charge on any atom is 0.194 e. The second-order valence-electron chi connectivity index (χ2n) is 4.08. The van der Waals surface area contributed by atoms with Crippen molar-refractivity contribution in [3.8, 4) is 0 Å². The van der Waals surface area contributed by atoms with Crippen LogP contribution in [0.15, 0.2) is 17.4 Å². The number of nitrogens with one attached hydrogen (secondary N) is 1. The minimum Gasteiger partial charge on any atom is -0.383 e. The van der Waals surface area contributed by atoms with Crippen molar-refractivity contribution in [2.24, 2.45) is 4.99 Å². The van der Waals surface area contributed by atoms with Crippen LogP contribution in [-0.4, -0.2) is 54.5 Å². The van der Waals surface area contributed by atoms with Gasteiger partial charge in [0.25, 0.3) is 0 Å². The van der Waals surface area contributed by atoms with E-state index < -0.39 is 0 Å². The molecule has 0 aliphatic carbocycles. The van der Waals surface area contributed by atoms with E-state index in [0.29, 0.717) is 6.61 Å². The molecule has 6 heteroatoms. The van der Waals surface area contributed by atoms with E-state index in [1.165, 1.54) is 0 Å². The van der Waals surface area contributed by atoms with Crippen LogP contribution in [0.1, 0.15) is 5.56 Å². The van der Waals surface area contributed by atoms with Crippen LogP contribution in [0.5, 0.6) is 0 Å². The quantitative estimate of drug-likeness (QED) is 0.778. The summed E-state index contributed by atoms with van der Waals surface area (Å²) in [5, 5.41) is 7.57. The molecule has 0 bridgehead atoms. The zero-order valence-electron chi connectivity index (χ0n) is 10.4. The largest absolute Gasteiger partial charge is 0.383 e. The van der Waals surface area contributed by atoms with Gasteiger partial charge < -0.3 is 15.0 Å². The SMILES string of the molecule is COCCn1cc(CNC2=NCCN2C)cn1. The first-order valence-corrected chi connectivity index (χ1v) is 5.79. The summed E-state index contributed by atoms with van der Waals surface area (Å²) in [5.41, 5.74) is 1.16. The molecule has 0 saturated carbocycles. The summed E-state index contributed by atoms with van der Waals surface area (Å²) in [4.78, 5) is 6.49. The second kappa shape index (κ2) is 5.67. The summed E-state index contributed by atoms with van der Waals surface area (Å²) in [6.45, 7) is 4.11. The third kappa shape index (κ3) is 3.20. The number of nitrogens with zero attached hydrogens (tertiary/aromatic N) is 4. The molecule has 94 valence electrons. The highest BCUT2D eigenvalue weighted by atomic mass is 16.5. The van der Waals surface area contributed by atoms with E-state index in [4.69, 9.17) is 4.74 Å². The molecule has 1 aliphatic rings. The van der Waals surface area contributed by atoms with Crippen LogP contribution in [0.25, 0.3) is 0 Å². The first-order chi connectivity index (χ1) is 8.29. The van der Waals surface area contributed by atoms with E-state index in [2.05, 4.69) is 20.3 Å². The standard InChI is InChI=1S/C11H19N5O/c1-15-4-3-12-11(15)13-7-10-8-14-16(9-10)5-6-17-2/h8-9H,3-7H2,1-2H3,(H,12,13). The molecule has 1 aromatic heterocycles. The van der Waals surface area contributed by atoms with Crippen molar-refractivity contribution in [1.82, 2.24) is 20.0 Å². The van der Waals surface area contributed by atoms with Gasteiger partial charge in [0.2, 0.25) is 0 Å². The fraction of sp³-hybridized carbons (Fsp3) is 0.636. The highest BCUT2D eigenvalue weighted by molar-refractivity contribution is 5.81. The summed E-state index contributed by atoms with van der Waals surface area (Å²) < 4.78 is 6.90. The van der Waals surface area contributed by atoms with Gasteiger partial charge in [0.15, 0.2) is 5.96 Å². The Morgan fingerprint density at radius 3 is 3.12 bits per heavy atom. The highest BCUT2D eigenvalue weighted by Gasteiger charge is 2.11. The maximum atomic E-state index is 5.01. The lowest BCUT2D eigenvalue weighted by molar-refractivity contribution is 0.183. The molecule has 1 N–H and O–H groups in total. The minimum atomic E-state index is 0.685. The van der Waals surface area contributed by atoms with Gasteiger partial charge in [-0.05, 0) is 0 Å². The van der Waals surface area contributed by atoms with E-state index >= 15 is 0 Å². The van der Waals surface area contributed by atoms with E-state index in [9.17, 15) is 0 Å². The van der Waals surface area contributed by atoms with Gasteiger partial charge >= 0.3 is 0 Å². The van der Waals surface area contributed by atoms with Crippen LogP contribution in [0, 0.1) is 0 Å². The number of rotatable bonds is 5. The lowest BCUT2D eigenvalue weighted by Crippen LogP contribution is -2.34. The number of hydrogen-bond donors (Lipinski definition) is 1. The monoisotopic (exact) mass is 237 g/mol. The smallest absolute Gasteiger partial charge is 0.194 e. The molecule has 0 fully saturated rings. The lowest BCUT2D eigenvalue weighted by atomic mass is 10.3. The van der Waals surface area contributed by atoms with Crippen molar-refractivity contribution in [2.45, 2.75) is 13.1 Å². The molecule has 2 heterocycles. The molecule has 0 spiro atoms. The van der Waals surface area contributed by atoms with Gasteiger partial charge in [-0.2, -0.15) is 5.10 Å². The lowest BCUT2D eigenvalue weighted by Gasteiger charge is -2.14. The van der Waals surface area contributed by atoms with Gasteiger partial charge in [0.05, 0.1) is 25.9 Å². The molecular formula is C11H19N5O. The average Bonchev–Trinajstić information content (AvgIpc) is 2.93. The molecule has 0 amide bonds. The van der Waals surface area contributed by atoms with Crippen molar-refractivity contribution < 1.29 is 4.74 Å². The Kier molecular flexibility index (Phi) is 3.98. The first kappa shape index (κ1) is 11.9. The summed E-state index contributed by atoms with van der Waals surface area (Å²) in [7, 11) is 3.74. The molecule has 0 unspecified atom stereocenters. The van der Waals surface area contributed by atoms with Crippen LogP contribution in [0.4, 0.5) is 0 Å². The molecule has 6 nitrogen and oxygen atoms in total. The number of aromatic nitrogens is 2. The fourth-order valence-corrected chi connectivity index (χ4v) is 1.71. The summed E-state index contributed by atoms with van der Waals surface area (Å²) >= 11 is 0. The minimum absolute atomic E-state index is 0.685. The third-order valence-electron chi connectivity index (χ3n) is 2.72. The predicted molar refractivity (Wildman–Crippen MR) is 65.9 cm³/mol. The van der Waals surface area contributed by atoms with Crippen molar-refractivity contribution >= 4 is 5.96 Å². The number of likely N-dealkylation sites (N-methyl/N-ethyl adjacent to an activating group) is 1. The van der Waals surface area contributed by atoms with Gasteiger partial charge in [-0.1, -0.05) is 0 Å². The second-order valence-corrected chi connectivity index (χ2v) is 4.08. The van der Waals surface area contributed by atoms with Gasteiger partial charge in [-0.3, -0.25) is 9.67 Å². The number of guanidine groups is 1. The predicted octanol–water partition coefficient (Wildman–Crippen LogP) is -0.0795. The van der Waals surface area contributed by atoms with E-state index in [-0.39, 0.29) is 0 Å². The Bertz CT molecular complexity index is 387. The van der Waals surface area contributed by atoms with Crippen LogP contribution in [-0.2, 0) is 17.8 Å². The maximum absolute atomic E-state index is 5.01. The van der Waals surface area contributed by atoms with Gasteiger partial charge in [-0.15, -0.1) is 0 Å². The van der Waals surface area contributed by atoms with Crippen molar-refractivity contribution in [3.63, 3.8) is 0 Å². The zero-order chi connectivity index (χ0) is 12.1. The van der Waals surface area contributed by atoms with Crippen LogP contribution in [0.2, 0.25) is 0 Å². The molecule has 2 rings (SSSR count). The van der Waals surface area contributed by atoms with E-state index in [1.807, 2.05) is 24.1 Å². The number of methoxy groups -OCH3 is 1. The highest BCUT2D eigenvalue weighted by Crippen LogP contribution is 2.00. The number of hydrogen-bond acceptors (Lipinski definition) is 5. The Morgan fingerprint density at radius 2 is 2.41 bits per heavy atom. The van der Waals surface area contributed by atoms with Gasteiger partial charge in [0, 0.05) is 39.0 Å². The molecule has 0 atom stereocenters. The third-order valence-corrected chi connectivity index (χ3v) is 2.72. The van der Waals surface area contributed by atoms with Crippen LogP contribution >= 0.6 is 0 Å². The van der Waals surface area contributed by atoms with Crippen molar-refractivity contribution in [3.05, 3.63) is 18.0 Å². The fourth-order valence-electron chi connectivity index (χ4n) is 1.71. The Balaban J connectivity index is 1.80. The van der Waals surface area contributed by atoms with Crippen molar-refractivity contribution in [1.29, 1.82) is 0 Å². The summed E-state index contributed by atoms with van der Waals surface area (Å²) in [6, 6.07) is 0. The van der Waals surface area contributed by atoms with Gasteiger partial charge in [0.1, 0.15) is 0 Å². The molecule has 1 aromatic rings. The molecule has 1 aliphatic heterocycles. The van der Waals surface area contributed by atoms with Crippen LogP contribution in [0.3, 0.4) is 0 Å². The number of aliphatic imine (C=N–C) groups is 1.